The van der Waals surface area contributed by atoms with E-state index < -0.39 is 0 Å². The van der Waals surface area contributed by atoms with Gasteiger partial charge in [0.1, 0.15) is 5.52 Å². The molecule has 2 aromatic heterocycles. The summed E-state index contributed by atoms with van der Waals surface area (Å²) in [4.78, 5) is 4.55. The molecule has 0 radical (unpaired) electrons. The molecular formula is C21H23N5O. The fourth-order valence-electron chi connectivity index (χ4n) is 3.20. The van der Waals surface area contributed by atoms with E-state index in [1.54, 1.807) is 0 Å². The van der Waals surface area contributed by atoms with Crippen molar-refractivity contribution in [2.24, 2.45) is 5.92 Å². The fraction of sp³-hybridized carbons (Fsp3) is 0.333. The van der Waals surface area contributed by atoms with Crippen LogP contribution in [0.15, 0.2) is 47.0 Å². The summed E-state index contributed by atoms with van der Waals surface area (Å²) >= 11 is 0. The molecule has 0 spiro atoms. The Labute approximate surface area is 158 Å². The summed E-state index contributed by atoms with van der Waals surface area (Å²) in [5.74, 6) is 1.76. The highest BCUT2D eigenvalue weighted by Crippen LogP contribution is 2.23. The average molecular weight is 361 g/mol. The Kier molecular flexibility index (Phi) is 4.71. The van der Waals surface area contributed by atoms with Gasteiger partial charge in [0.05, 0.1) is 5.52 Å². The van der Waals surface area contributed by atoms with Gasteiger partial charge in [-0.25, -0.2) is 4.68 Å². The van der Waals surface area contributed by atoms with Crippen LogP contribution in [0.5, 0.6) is 0 Å². The second-order valence-electron chi connectivity index (χ2n) is 7.31. The molecule has 0 aliphatic rings. The van der Waals surface area contributed by atoms with Crippen molar-refractivity contribution < 1.29 is 4.52 Å². The number of hydrogen-bond acceptors (Lipinski definition) is 5. The minimum Gasteiger partial charge on any atom is -0.334 e. The molecule has 6 heteroatoms. The first-order chi connectivity index (χ1) is 13.1. The van der Waals surface area contributed by atoms with E-state index in [2.05, 4.69) is 65.5 Å². The molecule has 2 heterocycles. The molecule has 0 aliphatic heterocycles. The molecule has 0 amide bonds. The molecule has 0 bridgehead atoms. The van der Waals surface area contributed by atoms with Gasteiger partial charge in [0.25, 0.3) is 5.89 Å². The molecule has 6 nitrogen and oxygen atoms in total. The first-order valence-corrected chi connectivity index (χ1v) is 9.31. The Balaban J connectivity index is 1.52. The molecule has 4 aromatic rings. The molecule has 0 atom stereocenters. The maximum absolute atomic E-state index is 5.47. The van der Waals surface area contributed by atoms with Crippen molar-refractivity contribution in [1.82, 2.24) is 25.1 Å². The first kappa shape index (κ1) is 17.4. The second kappa shape index (κ2) is 7.31. The Morgan fingerprint density at radius 1 is 1.07 bits per heavy atom. The topological polar surface area (TPSA) is 69.6 Å². The number of nitrogens with zero attached hydrogens (tertiary/aromatic N) is 5. The van der Waals surface area contributed by atoms with Crippen LogP contribution >= 0.6 is 0 Å². The van der Waals surface area contributed by atoms with E-state index in [1.807, 2.05) is 22.9 Å². The van der Waals surface area contributed by atoms with Crippen molar-refractivity contribution in [3.63, 3.8) is 0 Å². The van der Waals surface area contributed by atoms with Gasteiger partial charge in [-0.2, -0.15) is 4.98 Å². The Bertz CT molecular complexity index is 1060. The first-order valence-electron chi connectivity index (χ1n) is 9.31. The number of aromatic nitrogens is 5. The molecule has 0 aliphatic carbocycles. The molecule has 0 saturated heterocycles. The monoisotopic (exact) mass is 361 g/mol. The normalized spacial score (nSPS) is 11.6. The van der Waals surface area contributed by atoms with Gasteiger partial charge in [0.15, 0.2) is 5.82 Å². The fourth-order valence-corrected chi connectivity index (χ4v) is 3.20. The van der Waals surface area contributed by atoms with E-state index in [0.717, 1.165) is 41.8 Å². The zero-order valence-corrected chi connectivity index (χ0v) is 15.9. The van der Waals surface area contributed by atoms with E-state index in [-0.39, 0.29) is 0 Å². The standard InChI is InChI=1S/C21H23N5O/c1-14(2)13-26-19-10-8-17(12-18(19)23-25-26)21-22-20(24-27-21)11-9-16-7-5-4-6-15(16)3/h4-8,10,12,14H,9,11,13H2,1-3H3. The van der Waals surface area contributed by atoms with E-state index >= 15 is 0 Å². The molecule has 27 heavy (non-hydrogen) atoms. The van der Waals surface area contributed by atoms with Crippen LogP contribution in [-0.2, 0) is 19.4 Å². The average Bonchev–Trinajstić information content (AvgIpc) is 3.28. The summed E-state index contributed by atoms with van der Waals surface area (Å²) in [5, 5.41) is 12.7. The van der Waals surface area contributed by atoms with Crippen LogP contribution < -0.4 is 0 Å². The smallest absolute Gasteiger partial charge is 0.258 e. The molecule has 4 rings (SSSR count). The summed E-state index contributed by atoms with van der Waals surface area (Å²) in [7, 11) is 0. The minimum absolute atomic E-state index is 0.515. The van der Waals surface area contributed by atoms with Crippen LogP contribution in [0.3, 0.4) is 0 Å². The lowest BCUT2D eigenvalue weighted by molar-refractivity contribution is 0.422. The van der Waals surface area contributed by atoms with Crippen molar-refractivity contribution in [1.29, 1.82) is 0 Å². The third kappa shape index (κ3) is 3.74. The van der Waals surface area contributed by atoms with Crippen LogP contribution in [0.1, 0.15) is 30.8 Å². The number of benzene rings is 2. The Morgan fingerprint density at radius 2 is 1.93 bits per heavy atom. The zero-order chi connectivity index (χ0) is 18.8. The predicted molar refractivity (Wildman–Crippen MR) is 104 cm³/mol. The predicted octanol–water partition coefficient (Wildman–Crippen LogP) is 4.23. The molecular weight excluding hydrogens is 338 g/mol. The van der Waals surface area contributed by atoms with Gasteiger partial charge >= 0.3 is 0 Å². The van der Waals surface area contributed by atoms with Crippen molar-refractivity contribution in [2.45, 2.75) is 40.2 Å². The highest BCUT2D eigenvalue weighted by atomic mass is 16.5. The number of fused-ring (bicyclic) bond motifs is 1. The van der Waals surface area contributed by atoms with Crippen LogP contribution in [0.2, 0.25) is 0 Å². The van der Waals surface area contributed by atoms with Crippen LogP contribution in [-0.4, -0.2) is 25.1 Å². The SMILES string of the molecule is Cc1ccccc1CCc1noc(-c2ccc3c(c2)nnn3CC(C)C)n1. The van der Waals surface area contributed by atoms with Crippen LogP contribution in [0, 0.1) is 12.8 Å². The number of rotatable bonds is 6. The molecule has 138 valence electrons. The maximum atomic E-state index is 5.47. The van der Waals surface area contributed by atoms with E-state index in [9.17, 15) is 0 Å². The lowest BCUT2D eigenvalue weighted by atomic mass is 10.0. The van der Waals surface area contributed by atoms with Crippen molar-refractivity contribution in [3.05, 3.63) is 59.4 Å². The highest BCUT2D eigenvalue weighted by Gasteiger charge is 2.13. The third-order valence-electron chi connectivity index (χ3n) is 4.65. The lowest BCUT2D eigenvalue weighted by Crippen LogP contribution is -2.05. The minimum atomic E-state index is 0.515. The van der Waals surface area contributed by atoms with E-state index in [4.69, 9.17) is 4.52 Å². The van der Waals surface area contributed by atoms with Crippen molar-refractivity contribution in [3.8, 4) is 11.5 Å². The van der Waals surface area contributed by atoms with Gasteiger partial charge in [-0.1, -0.05) is 48.5 Å². The van der Waals surface area contributed by atoms with Gasteiger partial charge in [-0.15, -0.1) is 5.10 Å². The van der Waals surface area contributed by atoms with Crippen LogP contribution in [0.4, 0.5) is 0 Å². The molecule has 0 saturated carbocycles. The quantitative estimate of drug-likeness (QED) is 0.514. The maximum Gasteiger partial charge on any atom is 0.258 e. The van der Waals surface area contributed by atoms with Gasteiger partial charge < -0.3 is 4.52 Å². The van der Waals surface area contributed by atoms with Gasteiger partial charge in [0.2, 0.25) is 0 Å². The summed E-state index contributed by atoms with van der Waals surface area (Å²) < 4.78 is 7.41. The van der Waals surface area contributed by atoms with Gasteiger partial charge in [-0.3, -0.25) is 0 Å². The van der Waals surface area contributed by atoms with Crippen LogP contribution in [0.25, 0.3) is 22.5 Å². The molecule has 2 aromatic carbocycles. The lowest BCUT2D eigenvalue weighted by Gasteiger charge is -2.04. The highest BCUT2D eigenvalue weighted by molar-refractivity contribution is 5.79. The Hall–Kier alpha value is -3.02. The van der Waals surface area contributed by atoms with Crippen molar-refractivity contribution in [2.75, 3.05) is 0 Å². The van der Waals surface area contributed by atoms with Gasteiger partial charge in [0, 0.05) is 18.5 Å². The molecule has 0 fully saturated rings. The summed E-state index contributed by atoms with van der Waals surface area (Å²) in [6, 6.07) is 14.3. The van der Waals surface area contributed by atoms with E-state index in [0.29, 0.717) is 11.8 Å². The number of aryl methyl sites for hydroxylation is 3. The third-order valence-corrected chi connectivity index (χ3v) is 4.65. The molecule has 0 N–H and O–H groups in total. The Morgan fingerprint density at radius 3 is 2.74 bits per heavy atom. The molecule has 0 unspecified atom stereocenters. The van der Waals surface area contributed by atoms with E-state index in [1.165, 1.54) is 11.1 Å². The largest absolute Gasteiger partial charge is 0.334 e. The van der Waals surface area contributed by atoms with Gasteiger partial charge in [-0.05, 0) is 48.6 Å². The number of hydrogen-bond donors (Lipinski definition) is 0. The summed E-state index contributed by atoms with van der Waals surface area (Å²) in [6.45, 7) is 7.30. The summed E-state index contributed by atoms with van der Waals surface area (Å²) in [6.07, 6.45) is 1.65. The van der Waals surface area contributed by atoms with Crippen molar-refractivity contribution >= 4 is 11.0 Å². The summed E-state index contributed by atoms with van der Waals surface area (Å²) in [5.41, 5.74) is 5.33. The zero-order valence-electron chi connectivity index (χ0n) is 15.9. The second-order valence-corrected chi connectivity index (χ2v) is 7.31.